The number of aromatic nitrogens is 1. The molecule has 1 spiro atoms. The highest BCUT2D eigenvalue weighted by Gasteiger charge is 2.56. The van der Waals surface area contributed by atoms with Crippen molar-refractivity contribution in [3.8, 4) is 17.2 Å². The van der Waals surface area contributed by atoms with Crippen molar-refractivity contribution >= 4 is 5.91 Å². The van der Waals surface area contributed by atoms with E-state index in [9.17, 15) is 9.90 Å². The Hall–Kier alpha value is -2.75. The van der Waals surface area contributed by atoms with Gasteiger partial charge in [-0.3, -0.25) is 14.7 Å². The second kappa shape index (κ2) is 8.65. The van der Waals surface area contributed by atoms with E-state index in [0.29, 0.717) is 31.1 Å². The Morgan fingerprint density at radius 1 is 1.09 bits per heavy atom. The van der Waals surface area contributed by atoms with Gasteiger partial charge in [0.15, 0.2) is 0 Å². The lowest BCUT2D eigenvalue weighted by Gasteiger charge is -2.36. The van der Waals surface area contributed by atoms with Gasteiger partial charge in [0.05, 0.1) is 23.4 Å². The first kappa shape index (κ1) is 21.1. The summed E-state index contributed by atoms with van der Waals surface area (Å²) in [5.41, 5.74) is 2.98. The number of hydrogen-bond acceptors (Lipinski definition) is 5. The summed E-state index contributed by atoms with van der Waals surface area (Å²) in [5, 5.41) is 19.5. The van der Waals surface area contributed by atoms with E-state index in [1.54, 1.807) is 0 Å². The number of β-amino-alcohol motifs (C(OH)–C–C–N with tert-alkyl or cyclic N) is 1. The highest BCUT2D eigenvalue weighted by molar-refractivity contribution is 5.89. The van der Waals surface area contributed by atoms with Crippen LogP contribution in [0.4, 0.5) is 0 Å². The molecular weight excluding hydrogens is 400 g/mol. The molecular formula is C26H30N4O2. The Labute approximate surface area is 189 Å². The van der Waals surface area contributed by atoms with Crippen LogP contribution in [0.25, 0.3) is 11.1 Å². The van der Waals surface area contributed by atoms with Crippen LogP contribution in [-0.4, -0.2) is 56.6 Å². The molecule has 166 valence electrons. The molecule has 0 bridgehead atoms. The van der Waals surface area contributed by atoms with Gasteiger partial charge >= 0.3 is 0 Å². The quantitative estimate of drug-likeness (QED) is 0.803. The fourth-order valence-electron chi connectivity index (χ4n) is 5.86. The number of hydrogen-bond donors (Lipinski definition) is 1. The number of carbonyl (C=O) groups is 1. The van der Waals surface area contributed by atoms with Gasteiger partial charge in [-0.15, -0.1) is 0 Å². The fraction of sp³-hybridized carbons (Fsp3) is 0.500. The molecule has 1 aliphatic carbocycles. The molecule has 2 aromatic rings. The van der Waals surface area contributed by atoms with Gasteiger partial charge < -0.3 is 10.0 Å². The van der Waals surface area contributed by atoms with Crippen LogP contribution in [0.3, 0.4) is 0 Å². The molecule has 2 aliphatic heterocycles. The molecule has 6 nitrogen and oxygen atoms in total. The standard InChI is InChI=1S/C26H30N4O2/c27-15-19-6-8-20(9-7-19)21-10-11-22(28-16-21)17-29-18-24(31)14-26(29)12-13-30(25(26)32)23-4-2-1-3-5-23/h6-11,16,23-24,31H,1-5,12-14,17-18H2/t24-,26+/m1/s1. The molecule has 3 heterocycles. The molecule has 1 N–H and O–H groups in total. The number of pyridine rings is 1. The van der Waals surface area contributed by atoms with E-state index in [1.165, 1.54) is 19.3 Å². The predicted octanol–water partition coefficient (Wildman–Crippen LogP) is 3.49. The van der Waals surface area contributed by atoms with Crippen LogP contribution < -0.4 is 0 Å². The smallest absolute Gasteiger partial charge is 0.243 e. The second-order valence-corrected chi connectivity index (χ2v) is 9.54. The lowest BCUT2D eigenvalue weighted by atomic mass is 9.92. The first-order valence-electron chi connectivity index (χ1n) is 11.8. The zero-order chi connectivity index (χ0) is 22.1. The number of rotatable bonds is 4. The van der Waals surface area contributed by atoms with Crippen molar-refractivity contribution in [2.75, 3.05) is 13.1 Å². The number of aliphatic hydroxyl groups is 1. The average Bonchev–Trinajstić information content (AvgIpc) is 3.33. The van der Waals surface area contributed by atoms with Gasteiger partial charge in [0.1, 0.15) is 5.54 Å². The van der Waals surface area contributed by atoms with Crippen molar-refractivity contribution in [1.82, 2.24) is 14.8 Å². The zero-order valence-corrected chi connectivity index (χ0v) is 18.4. The fourth-order valence-corrected chi connectivity index (χ4v) is 5.86. The van der Waals surface area contributed by atoms with Crippen molar-refractivity contribution in [2.24, 2.45) is 0 Å². The highest BCUT2D eigenvalue weighted by Crippen LogP contribution is 2.42. The van der Waals surface area contributed by atoms with Gasteiger partial charge in [0.2, 0.25) is 5.91 Å². The number of amides is 1. The van der Waals surface area contributed by atoms with Crippen LogP contribution in [0.5, 0.6) is 0 Å². The van der Waals surface area contributed by atoms with E-state index in [2.05, 4.69) is 20.9 Å². The number of aliphatic hydroxyl groups excluding tert-OH is 1. The topological polar surface area (TPSA) is 80.5 Å². The summed E-state index contributed by atoms with van der Waals surface area (Å²) in [5.74, 6) is 0.218. The van der Waals surface area contributed by atoms with Crippen LogP contribution >= 0.6 is 0 Å². The number of carbonyl (C=O) groups excluding carboxylic acids is 1. The highest BCUT2D eigenvalue weighted by atomic mass is 16.3. The molecule has 6 heteroatoms. The van der Waals surface area contributed by atoms with Gasteiger partial charge in [-0.1, -0.05) is 37.5 Å². The average molecular weight is 431 g/mol. The predicted molar refractivity (Wildman–Crippen MR) is 121 cm³/mol. The van der Waals surface area contributed by atoms with Gasteiger partial charge in [-0.25, -0.2) is 0 Å². The van der Waals surface area contributed by atoms with E-state index < -0.39 is 11.6 Å². The number of benzene rings is 1. The van der Waals surface area contributed by atoms with Crippen molar-refractivity contribution in [2.45, 2.75) is 69.2 Å². The maximum atomic E-state index is 13.6. The minimum Gasteiger partial charge on any atom is -0.392 e. The molecule has 2 atom stereocenters. The summed E-state index contributed by atoms with van der Waals surface area (Å²) in [6, 6.07) is 14.0. The van der Waals surface area contributed by atoms with Crippen molar-refractivity contribution in [3.63, 3.8) is 0 Å². The summed E-state index contributed by atoms with van der Waals surface area (Å²) < 4.78 is 0. The zero-order valence-electron chi connectivity index (χ0n) is 18.4. The van der Waals surface area contributed by atoms with E-state index in [0.717, 1.165) is 42.6 Å². The monoisotopic (exact) mass is 430 g/mol. The SMILES string of the molecule is N#Cc1ccc(-c2ccc(CN3C[C@H](O)C[C@]34CCN(C3CCCCC3)C4=O)nc2)cc1. The Balaban J connectivity index is 1.31. The van der Waals surface area contributed by atoms with E-state index in [-0.39, 0.29) is 5.91 Å². The van der Waals surface area contributed by atoms with Crippen molar-refractivity contribution in [3.05, 3.63) is 53.9 Å². The second-order valence-electron chi connectivity index (χ2n) is 9.54. The number of nitriles is 1. The maximum Gasteiger partial charge on any atom is 0.243 e. The molecule has 0 radical (unpaired) electrons. The van der Waals surface area contributed by atoms with E-state index in [4.69, 9.17) is 5.26 Å². The molecule has 1 amide bonds. The third-order valence-electron chi connectivity index (χ3n) is 7.58. The summed E-state index contributed by atoms with van der Waals surface area (Å²) in [4.78, 5) is 22.5. The summed E-state index contributed by atoms with van der Waals surface area (Å²) in [7, 11) is 0. The van der Waals surface area contributed by atoms with Gasteiger partial charge in [0, 0.05) is 43.9 Å². The lowest BCUT2D eigenvalue weighted by molar-refractivity contribution is -0.139. The third kappa shape index (κ3) is 3.80. The summed E-state index contributed by atoms with van der Waals surface area (Å²) >= 11 is 0. The Morgan fingerprint density at radius 2 is 1.84 bits per heavy atom. The molecule has 3 aliphatic rings. The molecule has 0 unspecified atom stereocenters. The van der Waals surface area contributed by atoms with Crippen molar-refractivity contribution in [1.29, 1.82) is 5.26 Å². The largest absolute Gasteiger partial charge is 0.392 e. The normalized spacial score (nSPS) is 26.7. The molecule has 3 fully saturated rings. The van der Waals surface area contributed by atoms with Crippen LogP contribution in [0.2, 0.25) is 0 Å². The van der Waals surface area contributed by atoms with Crippen LogP contribution in [0.1, 0.15) is 56.2 Å². The minimum atomic E-state index is -0.579. The number of likely N-dealkylation sites (tertiary alicyclic amines) is 2. The molecule has 1 aromatic heterocycles. The Morgan fingerprint density at radius 3 is 2.53 bits per heavy atom. The molecule has 1 saturated carbocycles. The minimum absolute atomic E-state index is 0.218. The molecule has 1 aromatic carbocycles. The maximum absolute atomic E-state index is 13.6. The first-order chi connectivity index (χ1) is 15.6. The third-order valence-corrected chi connectivity index (χ3v) is 7.58. The summed E-state index contributed by atoms with van der Waals surface area (Å²) in [6.45, 7) is 1.88. The number of nitrogens with zero attached hydrogens (tertiary/aromatic N) is 4. The van der Waals surface area contributed by atoms with E-state index in [1.807, 2.05) is 42.6 Å². The van der Waals surface area contributed by atoms with E-state index >= 15 is 0 Å². The van der Waals surface area contributed by atoms with Gasteiger partial charge in [-0.05, 0) is 43.0 Å². The van der Waals surface area contributed by atoms with Crippen LogP contribution in [-0.2, 0) is 11.3 Å². The summed E-state index contributed by atoms with van der Waals surface area (Å²) in [6.07, 6.45) is 8.63. The van der Waals surface area contributed by atoms with Gasteiger partial charge in [0.25, 0.3) is 0 Å². The first-order valence-corrected chi connectivity index (χ1v) is 11.8. The Bertz CT molecular complexity index is 1010. The van der Waals surface area contributed by atoms with Crippen molar-refractivity contribution < 1.29 is 9.90 Å². The Kier molecular flexibility index (Phi) is 5.71. The molecule has 5 rings (SSSR count). The molecule has 2 saturated heterocycles. The van der Waals surface area contributed by atoms with Crippen LogP contribution in [0.15, 0.2) is 42.6 Å². The van der Waals surface area contributed by atoms with Gasteiger partial charge in [-0.2, -0.15) is 5.26 Å². The molecule has 32 heavy (non-hydrogen) atoms. The van der Waals surface area contributed by atoms with Crippen LogP contribution in [0, 0.1) is 11.3 Å². The lowest BCUT2D eigenvalue weighted by Crippen LogP contribution is -2.51.